The minimum atomic E-state index is -1.06. The van der Waals surface area contributed by atoms with Crippen LogP contribution in [0.2, 0.25) is 0 Å². The second kappa shape index (κ2) is 8.47. The maximum atomic E-state index is 12.2. The van der Waals surface area contributed by atoms with E-state index in [9.17, 15) is 14.7 Å². The monoisotopic (exact) mass is 332 g/mol. The first-order chi connectivity index (χ1) is 11.5. The van der Waals surface area contributed by atoms with Crippen molar-refractivity contribution in [3.63, 3.8) is 0 Å². The maximum Gasteiger partial charge on any atom is 0.326 e. The molecule has 2 aromatic rings. The number of hydrogen-bond donors (Lipinski definition) is 5. The second-order valence-electron chi connectivity index (χ2n) is 5.85. The van der Waals surface area contributed by atoms with Crippen LogP contribution in [0.4, 0.5) is 0 Å². The molecule has 7 heteroatoms. The summed E-state index contributed by atoms with van der Waals surface area (Å²) in [7, 11) is 0. The number of fused-ring (bicyclic) bond motifs is 1. The van der Waals surface area contributed by atoms with Gasteiger partial charge in [0.2, 0.25) is 5.91 Å². The molecule has 7 N–H and O–H groups in total. The zero-order chi connectivity index (χ0) is 17.5. The standard InChI is InChI=1S/C17H24N4O3/c18-8-4-3-7-15(17(23)24)21-16(22)13(19)9-11-10-20-14-6-2-1-5-12(11)14/h1-2,5-6,10,13,15,20H,3-4,7-9,18-19H2,(H,21,22)(H,23,24)/t13-,15-/m0/s1. The van der Waals surface area contributed by atoms with Gasteiger partial charge in [-0.25, -0.2) is 4.79 Å². The number of carbonyl (C=O) groups is 2. The number of amides is 1. The summed E-state index contributed by atoms with van der Waals surface area (Å²) in [6, 6.07) is 6.01. The number of unbranched alkanes of at least 4 members (excludes halogenated alkanes) is 1. The molecule has 0 aliphatic rings. The molecule has 2 rings (SSSR count). The quantitative estimate of drug-likeness (QED) is 0.432. The molecule has 0 unspecified atom stereocenters. The van der Waals surface area contributed by atoms with Gasteiger partial charge in [0.1, 0.15) is 6.04 Å². The molecule has 1 aromatic heterocycles. The van der Waals surface area contributed by atoms with Gasteiger partial charge in [0.15, 0.2) is 0 Å². The van der Waals surface area contributed by atoms with Crippen LogP contribution in [0, 0.1) is 0 Å². The lowest BCUT2D eigenvalue weighted by molar-refractivity contribution is -0.142. The summed E-state index contributed by atoms with van der Waals surface area (Å²) in [6.07, 6.45) is 3.88. The highest BCUT2D eigenvalue weighted by atomic mass is 16.4. The molecule has 0 aliphatic heterocycles. The lowest BCUT2D eigenvalue weighted by atomic mass is 10.0. The fourth-order valence-electron chi connectivity index (χ4n) is 2.66. The molecule has 1 heterocycles. The number of benzene rings is 1. The normalized spacial score (nSPS) is 13.6. The number of carbonyl (C=O) groups excluding carboxylic acids is 1. The zero-order valence-electron chi connectivity index (χ0n) is 13.5. The van der Waals surface area contributed by atoms with E-state index in [0.29, 0.717) is 25.8 Å². The van der Waals surface area contributed by atoms with Gasteiger partial charge in [-0.2, -0.15) is 0 Å². The van der Waals surface area contributed by atoms with E-state index >= 15 is 0 Å². The lowest BCUT2D eigenvalue weighted by Crippen LogP contribution is -2.49. The first kappa shape index (κ1) is 18.0. The number of carboxylic acid groups (broad SMARTS) is 1. The topological polar surface area (TPSA) is 134 Å². The highest BCUT2D eigenvalue weighted by molar-refractivity contribution is 5.88. The van der Waals surface area contributed by atoms with Gasteiger partial charge in [-0.05, 0) is 43.9 Å². The molecular weight excluding hydrogens is 308 g/mol. The number of aliphatic carboxylic acids is 1. The number of H-pyrrole nitrogens is 1. The zero-order valence-corrected chi connectivity index (χ0v) is 13.5. The Morgan fingerprint density at radius 2 is 2.00 bits per heavy atom. The number of aromatic nitrogens is 1. The van der Waals surface area contributed by atoms with Crippen LogP contribution in [-0.4, -0.2) is 40.6 Å². The third kappa shape index (κ3) is 4.56. The predicted octanol–water partition coefficient (Wildman–Crippen LogP) is 0.736. The largest absolute Gasteiger partial charge is 0.480 e. The SMILES string of the molecule is NCCCC[C@H](NC(=O)[C@@H](N)Cc1c[nH]c2ccccc12)C(=O)O. The molecule has 7 nitrogen and oxygen atoms in total. The van der Waals surface area contributed by atoms with Gasteiger partial charge in [-0.3, -0.25) is 4.79 Å². The molecule has 0 fully saturated rings. The predicted molar refractivity (Wildman–Crippen MR) is 92.5 cm³/mol. The van der Waals surface area contributed by atoms with E-state index in [1.807, 2.05) is 30.5 Å². The Morgan fingerprint density at radius 3 is 2.71 bits per heavy atom. The Labute approximate surface area is 140 Å². The summed E-state index contributed by atoms with van der Waals surface area (Å²) in [6.45, 7) is 0.500. The van der Waals surface area contributed by atoms with E-state index < -0.39 is 24.0 Å². The Bertz CT molecular complexity index is 698. The van der Waals surface area contributed by atoms with E-state index in [2.05, 4.69) is 10.3 Å². The molecule has 0 radical (unpaired) electrons. The van der Waals surface area contributed by atoms with Crippen molar-refractivity contribution in [3.05, 3.63) is 36.0 Å². The molecular formula is C17H24N4O3. The van der Waals surface area contributed by atoms with E-state index in [0.717, 1.165) is 22.9 Å². The van der Waals surface area contributed by atoms with Gasteiger partial charge in [0, 0.05) is 17.1 Å². The minimum Gasteiger partial charge on any atom is -0.480 e. The van der Waals surface area contributed by atoms with Crippen molar-refractivity contribution in [2.45, 2.75) is 37.8 Å². The fraction of sp³-hybridized carbons (Fsp3) is 0.412. The number of hydrogen-bond acceptors (Lipinski definition) is 4. The van der Waals surface area contributed by atoms with Crippen molar-refractivity contribution >= 4 is 22.8 Å². The van der Waals surface area contributed by atoms with Crippen LogP contribution in [0.25, 0.3) is 10.9 Å². The van der Waals surface area contributed by atoms with Crippen LogP contribution in [0.1, 0.15) is 24.8 Å². The van der Waals surface area contributed by atoms with Crippen LogP contribution in [0.5, 0.6) is 0 Å². The van der Waals surface area contributed by atoms with E-state index in [-0.39, 0.29) is 0 Å². The highest BCUT2D eigenvalue weighted by Crippen LogP contribution is 2.18. The number of carboxylic acids is 1. The fourth-order valence-corrected chi connectivity index (χ4v) is 2.66. The van der Waals surface area contributed by atoms with Crippen LogP contribution in [-0.2, 0) is 16.0 Å². The van der Waals surface area contributed by atoms with Crippen LogP contribution in [0.3, 0.4) is 0 Å². The summed E-state index contributed by atoms with van der Waals surface area (Å²) < 4.78 is 0. The molecule has 1 amide bonds. The first-order valence-corrected chi connectivity index (χ1v) is 8.06. The first-order valence-electron chi connectivity index (χ1n) is 8.06. The van der Waals surface area contributed by atoms with Crippen molar-refractivity contribution in [1.82, 2.24) is 10.3 Å². The minimum absolute atomic E-state index is 0.338. The van der Waals surface area contributed by atoms with Crippen LogP contribution >= 0.6 is 0 Å². The molecule has 2 atom stereocenters. The Hall–Kier alpha value is -2.38. The van der Waals surface area contributed by atoms with Gasteiger partial charge >= 0.3 is 5.97 Å². The van der Waals surface area contributed by atoms with Crippen molar-refractivity contribution in [3.8, 4) is 0 Å². The third-order valence-electron chi connectivity index (χ3n) is 4.01. The number of nitrogens with two attached hydrogens (primary N) is 2. The highest BCUT2D eigenvalue weighted by Gasteiger charge is 2.23. The number of aromatic amines is 1. The molecule has 1 aromatic carbocycles. The average molecular weight is 332 g/mol. The van der Waals surface area contributed by atoms with Crippen LogP contribution in [0.15, 0.2) is 30.5 Å². The summed E-state index contributed by atoms with van der Waals surface area (Å²) in [5.74, 6) is -1.51. The van der Waals surface area contributed by atoms with Crippen molar-refractivity contribution in [2.24, 2.45) is 11.5 Å². The molecule has 0 aliphatic carbocycles. The number of rotatable bonds is 9. The maximum absolute atomic E-state index is 12.2. The Morgan fingerprint density at radius 1 is 1.25 bits per heavy atom. The van der Waals surface area contributed by atoms with E-state index in [1.54, 1.807) is 0 Å². The average Bonchev–Trinajstić information content (AvgIpc) is 2.97. The van der Waals surface area contributed by atoms with Gasteiger partial charge < -0.3 is 26.9 Å². The van der Waals surface area contributed by atoms with Gasteiger partial charge in [0.25, 0.3) is 0 Å². The van der Waals surface area contributed by atoms with E-state index in [1.165, 1.54) is 0 Å². The van der Waals surface area contributed by atoms with Gasteiger partial charge in [-0.15, -0.1) is 0 Å². The molecule has 24 heavy (non-hydrogen) atoms. The van der Waals surface area contributed by atoms with E-state index in [4.69, 9.17) is 11.5 Å². The summed E-state index contributed by atoms with van der Waals surface area (Å²) >= 11 is 0. The van der Waals surface area contributed by atoms with Gasteiger partial charge in [0.05, 0.1) is 6.04 Å². The molecule has 0 bridgehead atoms. The Balaban J connectivity index is 1.96. The van der Waals surface area contributed by atoms with Crippen molar-refractivity contribution in [1.29, 1.82) is 0 Å². The molecule has 130 valence electrons. The summed E-state index contributed by atoms with van der Waals surface area (Å²) in [5.41, 5.74) is 13.3. The van der Waals surface area contributed by atoms with Gasteiger partial charge in [-0.1, -0.05) is 18.2 Å². The molecule has 0 saturated carbocycles. The van der Waals surface area contributed by atoms with Crippen molar-refractivity contribution < 1.29 is 14.7 Å². The van der Waals surface area contributed by atoms with Crippen molar-refractivity contribution in [2.75, 3.05) is 6.54 Å². The summed E-state index contributed by atoms with van der Waals surface area (Å²) in [4.78, 5) is 26.6. The number of nitrogens with one attached hydrogen (secondary N) is 2. The third-order valence-corrected chi connectivity index (χ3v) is 4.01. The lowest BCUT2D eigenvalue weighted by Gasteiger charge is -2.17. The Kier molecular flexibility index (Phi) is 6.34. The summed E-state index contributed by atoms with van der Waals surface area (Å²) in [5, 5.41) is 12.7. The second-order valence-corrected chi connectivity index (χ2v) is 5.85. The molecule has 0 spiro atoms. The molecule has 0 saturated heterocycles. The smallest absolute Gasteiger partial charge is 0.326 e. The number of para-hydroxylation sites is 1. The van der Waals surface area contributed by atoms with Crippen LogP contribution < -0.4 is 16.8 Å².